The molecule has 0 aromatic heterocycles. The molecule has 0 saturated heterocycles. The maximum Gasteiger partial charge on any atom is 0.0339 e. The lowest BCUT2D eigenvalue weighted by Gasteiger charge is -2.06. The van der Waals surface area contributed by atoms with Crippen molar-refractivity contribution in [3.63, 3.8) is 0 Å². The van der Waals surface area contributed by atoms with Gasteiger partial charge in [-0.2, -0.15) is 0 Å². The summed E-state index contributed by atoms with van der Waals surface area (Å²) in [6.07, 6.45) is 7.67. The minimum Gasteiger partial charge on any atom is -0.401 e. The summed E-state index contributed by atoms with van der Waals surface area (Å²) in [6, 6.07) is 0. The molecule has 0 atom stereocenters. The highest BCUT2D eigenvalue weighted by atomic mass is 15.4. The van der Waals surface area contributed by atoms with E-state index in [9.17, 15) is 0 Å². The van der Waals surface area contributed by atoms with Crippen LogP contribution in [0.25, 0.3) is 0 Å². The van der Waals surface area contributed by atoms with Gasteiger partial charge in [0.15, 0.2) is 0 Å². The van der Waals surface area contributed by atoms with E-state index >= 15 is 0 Å². The third-order valence-corrected chi connectivity index (χ3v) is 1.20. The number of allylic oxidation sites excluding steroid dienone is 3. The molecule has 0 unspecified atom stereocenters. The van der Waals surface area contributed by atoms with Gasteiger partial charge in [-0.25, -0.2) is 5.84 Å². The standard InChI is InChI=1S/C8H17N3/c1-3-4-5-6-8(9)7-11(2)10/h3-4,7H,5-6,9-10H2,1-2H3/b4-3-,8-7-. The van der Waals surface area contributed by atoms with Gasteiger partial charge in [-0.15, -0.1) is 0 Å². The Morgan fingerprint density at radius 1 is 1.55 bits per heavy atom. The number of nitrogens with two attached hydrogens (primary N) is 2. The Kier molecular flexibility index (Phi) is 5.29. The molecule has 0 heterocycles. The van der Waals surface area contributed by atoms with Crippen LogP contribution in [0.1, 0.15) is 19.8 Å². The minimum atomic E-state index is 0.813. The molecular formula is C8H17N3. The first-order chi connectivity index (χ1) is 5.16. The van der Waals surface area contributed by atoms with Gasteiger partial charge >= 0.3 is 0 Å². The lowest BCUT2D eigenvalue weighted by molar-refractivity contribution is 0.477. The van der Waals surface area contributed by atoms with E-state index in [-0.39, 0.29) is 0 Å². The fourth-order valence-electron chi connectivity index (χ4n) is 0.743. The SMILES string of the molecule is C/C=C\CC/C(N)=C/N(C)N. The van der Waals surface area contributed by atoms with E-state index < -0.39 is 0 Å². The van der Waals surface area contributed by atoms with Crippen molar-refractivity contribution < 1.29 is 0 Å². The van der Waals surface area contributed by atoms with Crippen LogP contribution in [-0.2, 0) is 0 Å². The maximum atomic E-state index is 5.62. The van der Waals surface area contributed by atoms with Crippen LogP contribution in [0.15, 0.2) is 24.0 Å². The molecule has 0 rings (SSSR count). The molecule has 11 heavy (non-hydrogen) atoms. The molecule has 4 N–H and O–H groups in total. The van der Waals surface area contributed by atoms with Gasteiger partial charge in [-0.1, -0.05) is 12.2 Å². The highest BCUT2D eigenvalue weighted by Crippen LogP contribution is 1.98. The topological polar surface area (TPSA) is 55.3 Å². The van der Waals surface area contributed by atoms with Crippen molar-refractivity contribution >= 4 is 0 Å². The number of hydrogen-bond donors (Lipinski definition) is 2. The van der Waals surface area contributed by atoms with Crippen molar-refractivity contribution in [2.24, 2.45) is 11.6 Å². The Balaban J connectivity index is 3.59. The molecule has 0 aromatic rings. The van der Waals surface area contributed by atoms with Crippen molar-refractivity contribution in [3.05, 3.63) is 24.0 Å². The van der Waals surface area contributed by atoms with Gasteiger partial charge in [0.2, 0.25) is 0 Å². The van der Waals surface area contributed by atoms with E-state index in [1.54, 1.807) is 13.2 Å². The van der Waals surface area contributed by atoms with Crippen molar-refractivity contribution in [2.75, 3.05) is 7.05 Å². The molecule has 0 aromatic carbocycles. The second-order valence-electron chi connectivity index (χ2n) is 2.48. The fraction of sp³-hybridized carbons (Fsp3) is 0.500. The van der Waals surface area contributed by atoms with Gasteiger partial charge in [0.1, 0.15) is 0 Å². The third kappa shape index (κ3) is 6.93. The lowest BCUT2D eigenvalue weighted by atomic mass is 10.2. The zero-order valence-electron chi connectivity index (χ0n) is 7.25. The Labute approximate surface area is 68.3 Å². The lowest BCUT2D eigenvalue weighted by Crippen LogP contribution is -2.20. The van der Waals surface area contributed by atoms with E-state index in [0.717, 1.165) is 18.5 Å². The molecule has 0 aliphatic carbocycles. The fourth-order valence-corrected chi connectivity index (χ4v) is 0.743. The number of hydrogen-bond acceptors (Lipinski definition) is 3. The average Bonchev–Trinajstić information content (AvgIpc) is 1.86. The van der Waals surface area contributed by atoms with Crippen molar-refractivity contribution in [2.45, 2.75) is 19.8 Å². The highest BCUT2D eigenvalue weighted by Gasteiger charge is 1.88. The van der Waals surface area contributed by atoms with Gasteiger partial charge in [0.25, 0.3) is 0 Å². The van der Waals surface area contributed by atoms with E-state index in [2.05, 4.69) is 6.08 Å². The normalized spacial score (nSPS) is 12.5. The molecule has 0 radical (unpaired) electrons. The van der Waals surface area contributed by atoms with E-state index in [4.69, 9.17) is 11.6 Å². The molecule has 0 amide bonds. The van der Waals surface area contributed by atoms with Crippen LogP contribution in [-0.4, -0.2) is 12.1 Å². The predicted octanol–water partition coefficient (Wildman–Crippen LogP) is 0.948. The monoisotopic (exact) mass is 155 g/mol. The molecule has 0 saturated carbocycles. The maximum absolute atomic E-state index is 5.62. The van der Waals surface area contributed by atoms with E-state index in [0.29, 0.717) is 0 Å². The molecule has 0 aliphatic heterocycles. The highest BCUT2D eigenvalue weighted by molar-refractivity contribution is 4.96. The summed E-state index contributed by atoms with van der Waals surface area (Å²) in [5.41, 5.74) is 6.43. The first-order valence-corrected chi connectivity index (χ1v) is 3.71. The number of nitrogens with zero attached hydrogens (tertiary/aromatic N) is 1. The zero-order valence-corrected chi connectivity index (χ0v) is 7.25. The Bertz CT molecular complexity index is 147. The van der Waals surface area contributed by atoms with Gasteiger partial charge < -0.3 is 10.7 Å². The molecule has 0 bridgehead atoms. The summed E-state index contributed by atoms with van der Waals surface area (Å²) in [5, 5.41) is 1.46. The van der Waals surface area contributed by atoms with E-state index in [1.165, 1.54) is 5.01 Å². The predicted molar refractivity (Wildman–Crippen MR) is 48.3 cm³/mol. The van der Waals surface area contributed by atoms with Gasteiger partial charge in [-0.05, 0) is 19.8 Å². The summed E-state index contributed by atoms with van der Waals surface area (Å²) in [4.78, 5) is 0. The zero-order chi connectivity index (χ0) is 8.69. The molecular weight excluding hydrogens is 138 g/mol. The quantitative estimate of drug-likeness (QED) is 0.361. The summed E-state index contributed by atoms with van der Waals surface area (Å²) in [5.74, 6) is 5.36. The van der Waals surface area contributed by atoms with Gasteiger partial charge in [0, 0.05) is 18.9 Å². The van der Waals surface area contributed by atoms with Crippen LogP contribution in [0.4, 0.5) is 0 Å². The van der Waals surface area contributed by atoms with Gasteiger partial charge in [0.05, 0.1) is 0 Å². The van der Waals surface area contributed by atoms with Crippen molar-refractivity contribution in [1.29, 1.82) is 0 Å². The van der Waals surface area contributed by atoms with Crippen LogP contribution in [0, 0.1) is 0 Å². The molecule has 64 valence electrons. The van der Waals surface area contributed by atoms with Crippen LogP contribution < -0.4 is 11.6 Å². The second-order valence-corrected chi connectivity index (χ2v) is 2.48. The van der Waals surface area contributed by atoms with Crippen molar-refractivity contribution in [1.82, 2.24) is 5.01 Å². The Morgan fingerprint density at radius 3 is 2.64 bits per heavy atom. The number of rotatable bonds is 4. The molecule has 3 nitrogen and oxygen atoms in total. The van der Waals surface area contributed by atoms with Crippen molar-refractivity contribution in [3.8, 4) is 0 Å². The summed E-state index contributed by atoms with van der Waals surface area (Å²) < 4.78 is 0. The van der Waals surface area contributed by atoms with Crippen LogP contribution in [0.5, 0.6) is 0 Å². The molecule has 0 spiro atoms. The van der Waals surface area contributed by atoms with E-state index in [1.807, 2.05) is 13.0 Å². The molecule has 0 fully saturated rings. The first kappa shape index (κ1) is 10.0. The molecule has 0 aliphatic rings. The van der Waals surface area contributed by atoms with Crippen LogP contribution in [0.3, 0.4) is 0 Å². The third-order valence-electron chi connectivity index (χ3n) is 1.20. The number of hydrazine groups is 1. The summed E-state index contributed by atoms with van der Waals surface area (Å²) in [6.45, 7) is 2.00. The van der Waals surface area contributed by atoms with Crippen LogP contribution in [0.2, 0.25) is 0 Å². The smallest absolute Gasteiger partial charge is 0.0339 e. The Morgan fingerprint density at radius 2 is 2.18 bits per heavy atom. The second kappa shape index (κ2) is 5.80. The average molecular weight is 155 g/mol. The summed E-state index contributed by atoms with van der Waals surface area (Å²) in [7, 11) is 1.75. The summed E-state index contributed by atoms with van der Waals surface area (Å²) >= 11 is 0. The Hall–Kier alpha value is -0.960. The molecule has 3 heteroatoms. The minimum absolute atomic E-state index is 0.813. The largest absolute Gasteiger partial charge is 0.401 e. The first-order valence-electron chi connectivity index (χ1n) is 3.71. The van der Waals surface area contributed by atoms with Crippen LogP contribution >= 0.6 is 0 Å². The van der Waals surface area contributed by atoms with Gasteiger partial charge in [-0.3, -0.25) is 0 Å².